The molecule has 1 fully saturated rings. The normalized spacial score (nSPS) is 14.7. The number of benzene rings is 1. The van der Waals surface area contributed by atoms with E-state index in [0.29, 0.717) is 17.1 Å². The van der Waals surface area contributed by atoms with Gasteiger partial charge in [-0.25, -0.2) is 4.79 Å². The number of nitrogens with one attached hydrogen (secondary N) is 1. The van der Waals surface area contributed by atoms with Gasteiger partial charge in [-0.15, -0.1) is 0 Å². The molecular weight excluding hydrogens is 344 g/mol. The highest BCUT2D eigenvalue weighted by molar-refractivity contribution is 5.79. The summed E-state index contributed by atoms with van der Waals surface area (Å²) in [4.78, 5) is 32.3. The quantitative estimate of drug-likeness (QED) is 0.729. The molecule has 27 heavy (non-hydrogen) atoms. The molecule has 8 nitrogen and oxygen atoms in total. The molecule has 0 radical (unpaired) electrons. The third-order valence-electron chi connectivity index (χ3n) is 5.04. The zero-order valence-corrected chi connectivity index (χ0v) is 15.5. The van der Waals surface area contributed by atoms with Crippen LogP contribution < -0.4 is 21.5 Å². The van der Waals surface area contributed by atoms with Gasteiger partial charge in [-0.1, -0.05) is 30.9 Å². The molecule has 0 aliphatic carbocycles. The van der Waals surface area contributed by atoms with E-state index in [2.05, 4.69) is 16.8 Å². The van der Waals surface area contributed by atoms with Crippen LogP contribution in [-0.4, -0.2) is 44.9 Å². The van der Waals surface area contributed by atoms with E-state index in [4.69, 9.17) is 4.98 Å². The summed E-state index contributed by atoms with van der Waals surface area (Å²) in [5.74, 6) is 0.666. The highest BCUT2D eigenvalue weighted by Gasteiger charge is 2.25. The van der Waals surface area contributed by atoms with E-state index >= 15 is 0 Å². The van der Waals surface area contributed by atoms with Gasteiger partial charge in [-0.2, -0.15) is 4.98 Å². The third kappa shape index (κ3) is 2.60. The van der Waals surface area contributed by atoms with Crippen molar-refractivity contribution in [2.24, 2.45) is 14.1 Å². The first-order valence-corrected chi connectivity index (χ1v) is 8.90. The van der Waals surface area contributed by atoms with Gasteiger partial charge in [0, 0.05) is 40.3 Å². The molecule has 1 N–H and O–H groups in total. The van der Waals surface area contributed by atoms with E-state index in [1.165, 1.54) is 11.6 Å². The largest absolute Gasteiger partial charge is 0.339 e. The molecule has 0 amide bonds. The topological polar surface area (TPSA) is 77.1 Å². The lowest BCUT2D eigenvalue weighted by atomic mass is 10.1. The summed E-state index contributed by atoms with van der Waals surface area (Å²) in [6, 6.07) is 7.73. The van der Waals surface area contributed by atoms with Crippen molar-refractivity contribution in [2.75, 3.05) is 31.1 Å². The lowest BCUT2D eigenvalue weighted by Gasteiger charge is -2.29. The van der Waals surface area contributed by atoms with Crippen molar-refractivity contribution >= 4 is 23.2 Å². The maximum absolute atomic E-state index is 13.0. The Kier molecular flexibility index (Phi) is 4.19. The van der Waals surface area contributed by atoms with Gasteiger partial charge in [-0.05, 0) is 11.6 Å². The number of imidazole rings is 1. The number of rotatable bonds is 3. The number of nitrogens with zero attached hydrogens (tertiary/aromatic N) is 5. The second-order valence-corrected chi connectivity index (χ2v) is 6.63. The Balaban J connectivity index is 2.15. The van der Waals surface area contributed by atoms with Crippen LogP contribution in [0.4, 0.5) is 5.95 Å². The second kappa shape index (κ2) is 6.55. The Bertz CT molecular complexity index is 1150. The van der Waals surface area contributed by atoms with Gasteiger partial charge >= 0.3 is 5.69 Å². The summed E-state index contributed by atoms with van der Waals surface area (Å²) < 4.78 is 4.41. The first-order valence-electron chi connectivity index (χ1n) is 8.90. The van der Waals surface area contributed by atoms with Crippen molar-refractivity contribution in [1.29, 1.82) is 0 Å². The lowest BCUT2D eigenvalue weighted by molar-refractivity contribution is 0.578. The molecule has 0 spiro atoms. The minimum absolute atomic E-state index is 0.360. The van der Waals surface area contributed by atoms with Crippen LogP contribution in [0.2, 0.25) is 0 Å². The van der Waals surface area contributed by atoms with E-state index < -0.39 is 0 Å². The van der Waals surface area contributed by atoms with Gasteiger partial charge in [0.25, 0.3) is 5.56 Å². The summed E-state index contributed by atoms with van der Waals surface area (Å²) in [5.41, 5.74) is 1.74. The predicted octanol–water partition coefficient (Wildman–Crippen LogP) is 0.475. The van der Waals surface area contributed by atoms with Gasteiger partial charge in [0.2, 0.25) is 5.95 Å². The number of aryl methyl sites for hydroxylation is 1. The van der Waals surface area contributed by atoms with E-state index in [-0.39, 0.29) is 11.2 Å². The summed E-state index contributed by atoms with van der Waals surface area (Å²) in [5, 5.41) is 3.33. The first-order chi connectivity index (χ1) is 13.0. The Morgan fingerprint density at radius 2 is 1.81 bits per heavy atom. The zero-order chi connectivity index (χ0) is 19.1. The SMILES string of the molecule is C=Cc1ccccc1-n1c(N2CCNCC2)nc2c1c(=O)n(C)c(=O)n2C. The van der Waals surface area contributed by atoms with Gasteiger partial charge in [0.15, 0.2) is 11.2 Å². The maximum Gasteiger partial charge on any atom is 0.332 e. The summed E-state index contributed by atoms with van der Waals surface area (Å²) in [6.45, 7) is 7.12. The molecular formula is C19H22N6O2. The van der Waals surface area contributed by atoms with Crippen molar-refractivity contribution in [1.82, 2.24) is 24.0 Å². The Hall–Kier alpha value is -3.13. The highest BCUT2D eigenvalue weighted by atomic mass is 16.2. The molecule has 4 rings (SSSR count). The number of fused-ring (bicyclic) bond motifs is 1. The monoisotopic (exact) mass is 366 g/mol. The molecule has 1 aliphatic heterocycles. The number of hydrogen-bond acceptors (Lipinski definition) is 5. The smallest absolute Gasteiger partial charge is 0.332 e. The second-order valence-electron chi connectivity index (χ2n) is 6.63. The third-order valence-corrected chi connectivity index (χ3v) is 5.04. The van der Waals surface area contributed by atoms with Crippen molar-refractivity contribution in [3.63, 3.8) is 0 Å². The van der Waals surface area contributed by atoms with Gasteiger partial charge in [0.05, 0.1) is 5.69 Å². The molecule has 1 saturated heterocycles. The number of anilines is 1. The molecule has 3 heterocycles. The fraction of sp³-hybridized carbons (Fsp3) is 0.316. The molecule has 0 saturated carbocycles. The first kappa shape index (κ1) is 17.3. The lowest BCUT2D eigenvalue weighted by Crippen LogP contribution is -2.44. The van der Waals surface area contributed by atoms with Crippen LogP contribution >= 0.6 is 0 Å². The number of aromatic nitrogens is 4. The summed E-state index contributed by atoms with van der Waals surface area (Å²) in [6.07, 6.45) is 1.76. The van der Waals surface area contributed by atoms with Crippen LogP contribution in [0.1, 0.15) is 5.56 Å². The van der Waals surface area contributed by atoms with Crippen molar-refractivity contribution in [2.45, 2.75) is 0 Å². The average molecular weight is 366 g/mol. The molecule has 0 atom stereocenters. The summed E-state index contributed by atoms with van der Waals surface area (Å²) >= 11 is 0. The van der Waals surface area contributed by atoms with E-state index in [9.17, 15) is 9.59 Å². The van der Waals surface area contributed by atoms with E-state index in [1.54, 1.807) is 13.1 Å². The number of hydrogen-bond donors (Lipinski definition) is 1. The molecule has 8 heteroatoms. The minimum Gasteiger partial charge on any atom is -0.339 e. The Morgan fingerprint density at radius 1 is 1.11 bits per heavy atom. The van der Waals surface area contributed by atoms with Crippen LogP contribution in [0.15, 0.2) is 40.4 Å². The van der Waals surface area contributed by atoms with Gasteiger partial charge < -0.3 is 10.2 Å². The van der Waals surface area contributed by atoms with Gasteiger partial charge in [-0.3, -0.25) is 18.5 Å². The van der Waals surface area contributed by atoms with Crippen molar-refractivity contribution < 1.29 is 0 Å². The maximum atomic E-state index is 13.0. The van der Waals surface area contributed by atoms with E-state index in [0.717, 1.165) is 42.0 Å². The molecule has 140 valence electrons. The van der Waals surface area contributed by atoms with Crippen LogP contribution in [-0.2, 0) is 14.1 Å². The van der Waals surface area contributed by atoms with Crippen molar-refractivity contribution in [3.8, 4) is 5.69 Å². The zero-order valence-electron chi connectivity index (χ0n) is 15.5. The fourth-order valence-electron chi connectivity index (χ4n) is 3.55. The molecule has 0 unspecified atom stereocenters. The standard InChI is InChI=1S/C19H22N6O2/c1-4-13-7-5-6-8-14(13)25-15-16(22(2)19(27)23(3)17(15)26)21-18(25)24-11-9-20-10-12-24/h4-8,20H,1,9-12H2,2-3H3. The minimum atomic E-state index is -0.388. The summed E-state index contributed by atoms with van der Waals surface area (Å²) in [7, 11) is 3.13. The fourth-order valence-corrected chi connectivity index (χ4v) is 3.55. The predicted molar refractivity (Wildman–Crippen MR) is 107 cm³/mol. The molecule has 1 aliphatic rings. The number of piperazine rings is 1. The van der Waals surface area contributed by atoms with Crippen LogP contribution in [0.3, 0.4) is 0 Å². The number of para-hydroxylation sites is 1. The average Bonchev–Trinajstić information content (AvgIpc) is 3.12. The van der Waals surface area contributed by atoms with Crippen molar-refractivity contribution in [3.05, 3.63) is 57.2 Å². The molecule has 3 aromatic rings. The van der Waals surface area contributed by atoms with E-state index in [1.807, 2.05) is 28.8 Å². The Labute approximate surface area is 156 Å². The molecule has 1 aromatic carbocycles. The van der Waals surface area contributed by atoms with Crippen LogP contribution in [0.25, 0.3) is 22.9 Å². The van der Waals surface area contributed by atoms with Gasteiger partial charge in [0.1, 0.15) is 0 Å². The Morgan fingerprint density at radius 3 is 2.52 bits per heavy atom. The molecule has 2 aromatic heterocycles. The van der Waals surface area contributed by atoms with Crippen LogP contribution in [0, 0.1) is 0 Å². The highest BCUT2D eigenvalue weighted by Crippen LogP contribution is 2.27. The molecule has 0 bridgehead atoms. The van der Waals surface area contributed by atoms with Crippen LogP contribution in [0.5, 0.6) is 0 Å².